The molecule has 1 aromatic heterocycles. The van der Waals surface area contributed by atoms with Gasteiger partial charge in [0, 0.05) is 44.7 Å². The molecule has 0 bridgehead atoms. The van der Waals surface area contributed by atoms with E-state index in [9.17, 15) is 13.2 Å². The number of nitrogens with zero attached hydrogens (tertiary/aromatic N) is 3. The summed E-state index contributed by atoms with van der Waals surface area (Å²) in [5.74, 6) is 0.820. The first kappa shape index (κ1) is 16.4. The van der Waals surface area contributed by atoms with Gasteiger partial charge in [-0.1, -0.05) is 6.42 Å². The van der Waals surface area contributed by atoms with Crippen LogP contribution in [0.15, 0.2) is 11.2 Å². The number of aromatic nitrogens is 2. The monoisotopic (exact) mass is 340 g/mol. The van der Waals surface area contributed by atoms with Gasteiger partial charge in [0.1, 0.15) is 5.82 Å². The highest BCUT2D eigenvalue weighted by Gasteiger charge is 2.49. The number of likely N-dealkylation sites (tertiary alicyclic amines) is 1. The number of aryl methyl sites for hydroxylation is 2. The molecule has 0 aromatic carbocycles. The number of nitrogens with one attached hydrogen (secondary N) is 1. The van der Waals surface area contributed by atoms with Crippen LogP contribution in [0.4, 0.5) is 0 Å². The molecule has 1 amide bonds. The van der Waals surface area contributed by atoms with E-state index in [0.29, 0.717) is 18.8 Å². The van der Waals surface area contributed by atoms with Crippen molar-refractivity contribution < 1.29 is 13.2 Å². The van der Waals surface area contributed by atoms with E-state index < -0.39 is 10.0 Å². The number of amides is 1. The zero-order valence-electron chi connectivity index (χ0n) is 13.9. The maximum absolute atomic E-state index is 12.5. The molecule has 7 nitrogen and oxygen atoms in total. The van der Waals surface area contributed by atoms with E-state index in [2.05, 4.69) is 9.71 Å². The standard InChI is InChI=1S/C15H24N4O3S/c1-11-17-13(9-18(11)2)23(21,22)16-10-15-7-4-5-12(15)19(3)14(20)6-8-15/h9,12,16H,4-8,10H2,1-3H3/t12-,15+/m1/s1. The van der Waals surface area contributed by atoms with E-state index in [1.807, 2.05) is 11.9 Å². The third kappa shape index (κ3) is 2.78. The van der Waals surface area contributed by atoms with Crippen molar-refractivity contribution in [2.24, 2.45) is 12.5 Å². The average Bonchev–Trinajstić information content (AvgIpc) is 3.07. The molecule has 1 saturated heterocycles. The Balaban J connectivity index is 1.78. The summed E-state index contributed by atoms with van der Waals surface area (Å²) in [5.41, 5.74) is -0.139. The summed E-state index contributed by atoms with van der Waals surface area (Å²) in [7, 11) is -0.0129. The second-order valence-corrected chi connectivity index (χ2v) is 8.55. The van der Waals surface area contributed by atoms with Crippen LogP contribution >= 0.6 is 0 Å². The molecule has 0 unspecified atom stereocenters. The molecular weight excluding hydrogens is 316 g/mol. The van der Waals surface area contributed by atoms with Crippen molar-refractivity contribution in [3.05, 3.63) is 12.0 Å². The molecule has 23 heavy (non-hydrogen) atoms. The fourth-order valence-corrected chi connectivity index (χ4v) is 5.16. The van der Waals surface area contributed by atoms with Crippen LogP contribution in [0.25, 0.3) is 0 Å². The highest BCUT2D eigenvalue weighted by atomic mass is 32.2. The van der Waals surface area contributed by atoms with Gasteiger partial charge in [0.25, 0.3) is 10.0 Å². The number of imidazole rings is 1. The number of hydrogen-bond acceptors (Lipinski definition) is 4. The average molecular weight is 340 g/mol. The maximum atomic E-state index is 12.5. The van der Waals surface area contributed by atoms with Crippen LogP contribution in [0.3, 0.4) is 0 Å². The van der Waals surface area contributed by atoms with E-state index in [0.717, 1.165) is 25.7 Å². The summed E-state index contributed by atoms with van der Waals surface area (Å²) < 4.78 is 29.4. The molecule has 0 radical (unpaired) electrons. The number of sulfonamides is 1. The summed E-state index contributed by atoms with van der Waals surface area (Å²) in [6, 6.07) is 0.136. The quantitative estimate of drug-likeness (QED) is 0.878. The molecule has 1 aliphatic heterocycles. The van der Waals surface area contributed by atoms with E-state index in [1.165, 1.54) is 6.20 Å². The lowest BCUT2D eigenvalue weighted by Gasteiger charge is -2.44. The van der Waals surface area contributed by atoms with E-state index in [4.69, 9.17) is 0 Å². The van der Waals surface area contributed by atoms with Gasteiger partial charge in [-0.15, -0.1) is 0 Å². The van der Waals surface area contributed by atoms with Gasteiger partial charge in [0.15, 0.2) is 5.03 Å². The van der Waals surface area contributed by atoms with Crippen LogP contribution in [0.2, 0.25) is 0 Å². The van der Waals surface area contributed by atoms with Crippen LogP contribution in [-0.4, -0.2) is 48.4 Å². The first-order chi connectivity index (χ1) is 10.8. The molecule has 128 valence electrons. The molecule has 2 fully saturated rings. The zero-order valence-corrected chi connectivity index (χ0v) is 14.7. The van der Waals surface area contributed by atoms with Gasteiger partial charge in [-0.05, 0) is 26.2 Å². The van der Waals surface area contributed by atoms with Crippen molar-refractivity contribution in [2.75, 3.05) is 13.6 Å². The smallest absolute Gasteiger partial charge is 0.259 e. The van der Waals surface area contributed by atoms with E-state index >= 15 is 0 Å². The maximum Gasteiger partial charge on any atom is 0.259 e. The number of rotatable bonds is 4. The lowest BCUT2D eigenvalue weighted by molar-refractivity contribution is -0.139. The Morgan fingerprint density at radius 3 is 2.78 bits per heavy atom. The van der Waals surface area contributed by atoms with Crippen molar-refractivity contribution in [1.82, 2.24) is 19.2 Å². The molecule has 0 spiro atoms. The summed E-state index contributed by atoms with van der Waals surface area (Å²) in [4.78, 5) is 17.8. The number of fused-ring (bicyclic) bond motifs is 1. The van der Waals surface area contributed by atoms with Crippen molar-refractivity contribution >= 4 is 15.9 Å². The predicted molar refractivity (Wildman–Crippen MR) is 85.2 cm³/mol. The SMILES string of the molecule is Cc1nc(S(=O)(=O)NC[C@@]23CCC[C@H]2N(C)C(=O)CC3)cn1C. The molecule has 3 rings (SSSR count). The number of piperidine rings is 1. The third-order valence-corrected chi connectivity index (χ3v) is 6.80. The Hall–Kier alpha value is -1.41. The lowest BCUT2D eigenvalue weighted by atomic mass is 9.75. The van der Waals surface area contributed by atoms with Crippen LogP contribution in [0, 0.1) is 12.3 Å². The molecule has 2 heterocycles. The fourth-order valence-electron chi connectivity index (χ4n) is 3.99. The summed E-state index contributed by atoms with van der Waals surface area (Å²) in [6.07, 6.45) is 5.72. The zero-order chi connectivity index (χ0) is 16.8. The van der Waals surface area contributed by atoms with Crippen molar-refractivity contribution in [3.8, 4) is 0 Å². The Labute approximate surface area is 137 Å². The number of carbonyl (C=O) groups excluding carboxylic acids is 1. The molecule has 1 saturated carbocycles. The van der Waals surface area contributed by atoms with Crippen molar-refractivity contribution in [3.63, 3.8) is 0 Å². The highest BCUT2D eigenvalue weighted by Crippen LogP contribution is 2.47. The van der Waals surface area contributed by atoms with E-state index in [-0.39, 0.29) is 22.4 Å². The molecule has 1 aliphatic carbocycles. The lowest BCUT2D eigenvalue weighted by Crippen LogP contribution is -2.54. The largest absolute Gasteiger partial charge is 0.342 e. The second kappa shape index (κ2) is 5.59. The molecule has 2 aliphatic rings. The van der Waals surface area contributed by atoms with Gasteiger partial charge in [-0.2, -0.15) is 0 Å². The van der Waals surface area contributed by atoms with Gasteiger partial charge in [0.2, 0.25) is 5.91 Å². The molecule has 8 heteroatoms. The van der Waals surface area contributed by atoms with Gasteiger partial charge < -0.3 is 9.47 Å². The summed E-state index contributed by atoms with van der Waals surface area (Å²) in [5, 5.41) is 0.0590. The third-order valence-electron chi connectivity index (χ3n) is 5.53. The minimum atomic E-state index is -3.62. The Bertz CT molecular complexity index is 708. The number of hydrogen-bond donors (Lipinski definition) is 1. The Morgan fingerprint density at radius 1 is 1.39 bits per heavy atom. The Kier molecular flexibility index (Phi) is 4.00. The second-order valence-electron chi connectivity index (χ2n) is 6.84. The van der Waals surface area contributed by atoms with Gasteiger partial charge in [-0.25, -0.2) is 18.1 Å². The predicted octanol–water partition coefficient (Wildman–Crippen LogP) is 0.798. The van der Waals surface area contributed by atoms with Crippen LogP contribution in [0.1, 0.15) is 37.9 Å². The number of carbonyl (C=O) groups is 1. The first-order valence-electron chi connectivity index (χ1n) is 8.00. The van der Waals surface area contributed by atoms with Crippen molar-refractivity contribution in [1.29, 1.82) is 0 Å². The topological polar surface area (TPSA) is 84.3 Å². The Morgan fingerprint density at radius 2 is 2.13 bits per heavy atom. The van der Waals surface area contributed by atoms with Crippen LogP contribution in [0.5, 0.6) is 0 Å². The van der Waals surface area contributed by atoms with Gasteiger partial charge in [0.05, 0.1) is 0 Å². The molecular formula is C15H24N4O3S. The van der Waals surface area contributed by atoms with Gasteiger partial charge >= 0.3 is 0 Å². The molecule has 1 aromatic rings. The van der Waals surface area contributed by atoms with E-state index in [1.54, 1.807) is 18.5 Å². The minimum absolute atomic E-state index is 0.0590. The molecule has 1 N–H and O–H groups in total. The normalized spacial score (nSPS) is 28.2. The summed E-state index contributed by atoms with van der Waals surface area (Å²) >= 11 is 0. The highest BCUT2D eigenvalue weighted by molar-refractivity contribution is 7.89. The first-order valence-corrected chi connectivity index (χ1v) is 9.49. The minimum Gasteiger partial charge on any atom is -0.342 e. The molecule has 2 atom stereocenters. The van der Waals surface area contributed by atoms with Crippen molar-refractivity contribution in [2.45, 2.75) is 50.1 Å². The fraction of sp³-hybridized carbons (Fsp3) is 0.733. The van der Waals surface area contributed by atoms with Crippen LogP contribution in [-0.2, 0) is 21.9 Å². The summed E-state index contributed by atoms with van der Waals surface area (Å²) in [6.45, 7) is 2.14. The van der Waals surface area contributed by atoms with Crippen LogP contribution < -0.4 is 4.72 Å². The van der Waals surface area contributed by atoms with Gasteiger partial charge in [-0.3, -0.25) is 4.79 Å².